The predicted octanol–water partition coefficient (Wildman–Crippen LogP) is 5.40. The molecule has 4 aromatic rings. The Hall–Kier alpha value is -2.91. The van der Waals surface area contributed by atoms with Gasteiger partial charge in [0.2, 0.25) is 0 Å². The Kier molecular flexibility index (Phi) is 7.23. The Morgan fingerprint density at radius 2 is 1.91 bits per heavy atom. The smallest absolute Gasteiger partial charge is 0.258 e. The SMILES string of the molecule is C=CCn1c(COc2ccc(C(C)(C)C)cc2)nnc1SCc1cc(=O)n2cc(Br)ccc2n1. The summed E-state index contributed by atoms with van der Waals surface area (Å²) in [6.45, 7) is 11.3. The number of rotatable bonds is 8. The van der Waals surface area contributed by atoms with Crippen LogP contribution in [0.2, 0.25) is 0 Å². The van der Waals surface area contributed by atoms with E-state index >= 15 is 0 Å². The molecule has 0 fully saturated rings. The zero-order chi connectivity index (χ0) is 24.3. The van der Waals surface area contributed by atoms with Gasteiger partial charge in [0.25, 0.3) is 5.56 Å². The summed E-state index contributed by atoms with van der Waals surface area (Å²) in [5.41, 5.74) is 2.51. The fraction of sp³-hybridized carbons (Fsp3) is 0.280. The molecule has 7 nitrogen and oxygen atoms in total. The monoisotopic (exact) mass is 539 g/mol. The maximum atomic E-state index is 12.5. The third-order valence-electron chi connectivity index (χ3n) is 5.22. The van der Waals surface area contributed by atoms with Gasteiger partial charge in [-0.1, -0.05) is 50.7 Å². The molecule has 0 N–H and O–H groups in total. The molecule has 0 atom stereocenters. The lowest BCUT2D eigenvalue weighted by atomic mass is 9.87. The lowest BCUT2D eigenvalue weighted by Gasteiger charge is -2.19. The molecule has 9 heteroatoms. The van der Waals surface area contributed by atoms with Crippen LogP contribution in [0.3, 0.4) is 0 Å². The molecule has 0 unspecified atom stereocenters. The topological polar surface area (TPSA) is 74.3 Å². The minimum absolute atomic E-state index is 0.0943. The van der Waals surface area contributed by atoms with E-state index < -0.39 is 0 Å². The number of pyridine rings is 1. The van der Waals surface area contributed by atoms with Gasteiger partial charge in [-0.15, -0.1) is 16.8 Å². The fourth-order valence-corrected chi connectivity index (χ4v) is 4.58. The van der Waals surface area contributed by atoms with E-state index in [1.165, 1.54) is 21.7 Å². The van der Waals surface area contributed by atoms with Crippen LogP contribution in [-0.4, -0.2) is 24.1 Å². The number of hydrogen-bond donors (Lipinski definition) is 0. The molecule has 0 radical (unpaired) electrons. The molecule has 0 aliphatic carbocycles. The first-order valence-corrected chi connectivity index (χ1v) is 12.6. The van der Waals surface area contributed by atoms with Gasteiger partial charge < -0.3 is 4.74 Å². The van der Waals surface area contributed by atoms with Gasteiger partial charge in [-0.25, -0.2) is 4.98 Å². The summed E-state index contributed by atoms with van der Waals surface area (Å²) in [6.07, 6.45) is 3.51. The summed E-state index contributed by atoms with van der Waals surface area (Å²) in [4.78, 5) is 17.1. The zero-order valence-corrected chi connectivity index (χ0v) is 21.8. The van der Waals surface area contributed by atoms with Crippen LogP contribution < -0.4 is 10.3 Å². The Morgan fingerprint density at radius 3 is 2.62 bits per heavy atom. The minimum Gasteiger partial charge on any atom is -0.486 e. The van der Waals surface area contributed by atoms with Crippen molar-refractivity contribution in [3.8, 4) is 5.75 Å². The van der Waals surface area contributed by atoms with Crippen molar-refractivity contribution in [2.75, 3.05) is 0 Å². The standard InChI is InChI=1S/C25H26BrN5O2S/c1-5-12-30-22(15-33-20-9-6-17(7-10-20)25(2,3)4)28-29-24(30)34-16-19-13-23(32)31-14-18(26)8-11-21(31)27-19/h5-11,13-14H,1,12,15-16H2,2-4H3. The molecular weight excluding hydrogens is 514 g/mol. The van der Waals surface area contributed by atoms with Gasteiger partial charge in [0.05, 0.1) is 5.69 Å². The van der Waals surface area contributed by atoms with E-state index in [1.807, 2.05) is 28.8 Å². The Labute approximate surface area is 211 Å². The number of halogens is 1. The summed E-state index contributed by atoms with van der Waals surface area (Å²) in [6, 6.07) is 13.4. The van der Waals surface area contributed by atoms with Gasteiger partial charge in [-0.3, -0.25) is 13.8 Å². The molecule has 0 aliphatic rings. The normalized spacial score (nSPS) is 11.6. The van der Waals surface area contributed by atoms with Crippen LogP contribution in [0.1, 0.15) is 37.9 Å². The van der Waals surface area contributed by atoms with Gasteiger partial charge in [0.1, 0.15) is 18.0 Å². The van der Waals surface area contributed by atoms with Crippen LogP contribution in [0.4, 0.5) is 0 Å². The summed E-state index contributed by atoms with van der Waals surface area (Å²) in [7, 11) is 0. The molecule has 0 spiro atoms. The van der Waals surface area contributed by atoms with Crippen LogP contribution in [0.15, 0.2) is 75.7 Å². The van der Waals surface area contributed by atoms with Gasteiger partial charge in [-0.2, -0.15) is 0 Å². The second-order valence-corrected chi connectivity index (χ2v) is 10.7. The first-order valence-electron chi connectivity index (χ1n) is 10.8. The first kappa shape index (κ1) is 24.2. The molecule has 0 aliphatic heterocycles. The first-order chi connectivity index (χ1) is 16.2. The molecule has 34 heavy (non-hydrogen) atoms. The van der Waals surface area contributed by atoms with Gasteiger partial charge in [0, 0.05) is 29.0 Å². The minimum atomic E-state index is -0.124. The van der Waals surface area contributed by atoms with Gasteiger partial charge in [0.15, 0.2) is 11.0 Å². The quantitative estimate of drug-likeness (QED) is 0.220. The van der Waals surface area contributed by atoms with Crippen LogP contribution in [-0.2, 0) is 24.3 Å². The number of hydrogen-bond acceptors (Lipinski definition) is 6. The summed E-state index contributed by atoms with van der Waals surface area (Å²) in [5, 5.41) is 9.38. The summed E-state index contributed by atoms with van der Waals surface area (Å²) < 4.78 is 10.3. The number of allylic oxidation sites excluding steroid dienone is 1. The van der Waals surface area contributed by atoms with Crippen LogP contribution >= 0.6 is 27.7 Å². The fourth-order valence-electron chi connectivity index (χ4n) is 3.38. The highest BCUT2D eigenvalue weighted by Crippen LogP contribution is 2.25. The van der Waals surface area contributed by atoms with Gasteiger partial charge in [-0.05, 0) is 51.2 Å². The molecule has 0 saturated heterocycles. The van der Waals surface area contributed by atoms with E-state index in [0.717, 1.165) is 15.4 Å². The largest absolute Gasteiger partial charge is 0.486 e. The van der Waals surface area contributed by atoms with Crippen molar-refractivity contribution in [1.82, 2.24) is 24.1 Å². The van der Waals surface area contributed by atoms with Crippen LogP contribution in [0.5, 0.6) is 5.75 Å². The molecule has 4 rings (SSSR count). The highest BCUT2D eigenvalue weighted by molar-refractivity contribution is 9.10. The van der Waals surface area contributed by atoms with Crippen molar-refractivity contribution >= 4 is 33.3 Å². The molecule has 3 heterocycles. The van der Waals surface area contributed by atoms with E-state index in [2.05, 4.69) is 70.6 Å². The zero-order valence-electron chi connectivity index (χ0n) is 19.4. The molecule has 3 aromatic heterocycles. The highest BCUT2D eigenvalue weighted by atomic mass is 79.9. The third-order valence-corrected chi connectivity index (χ3v) is 6.69. The second kappa shape index (κ2) is 10.1. The highest BCUT2D eigenvalue weighted by Gasteiger charge is 2.15. The summed E-state index contributed by atoms with van der Waals surface area (Å²) in [5.74, 6) is 1.98. The van der Waals surface area contributed by atoms with Crippen molar-refractivity contribution in [3.63, 3.8) is 0 Å². The van der Waals surface area contributed by atoms with Crippen molar-refractivity contribution < 1.29 is 4.74 Å². The Morgan fingerprint density at radius 1 is 1.15 bits per heavy atom. The van der Waals surface area contributed by atoms with Crippen LogP contribution in [0.25, 0.3) is 5.65 Å². The van der Waals surface area contributed by atoms with Crippen molar-refractivity contribution in [2.45, 2.75) is 50.2 Å². The van der Waals surface area contributed by atoms with E-state index in [-0.39, 0.29) is 11.0 Å². The molecule has 1 aromatic carbocycles. The van der Waals surface area contributed by atoms with E-state index in [1.54, 1.807) is 18.3 Å². The van der Waals surface area contributed by atoms with E-state index in [0.29, 0.717) is 36.1 Å². The average molecular weight is 540 g/mol. The Balaban J connectivity index is 1.47. The number of benzene rings is 1. The van der Waals surface area contributed by atoms with Crippen LogP contribution in [0, 0.1) is 0 Å². The number of thioether (sulfide) groups is 1. The van der Waals surface area contributed by atoms with Crippen molar-refractivity contribution in [2.24, 2.45) is 0 Å². The summed E-state index contributed by atoms with van der Waals surface area (Å²) >= 11 is 4.86. The molecular formula is C25H26BrN5O2S. The molecule has 0 saturated carbocycles. The molecule has 0 bridgehead atoms. The third kappa shape index (κ3) is 5.59. The van der Waals surface area contributed by atoms with Crippen molar-refractivity contribution in [3.05, 3.63) is 93.2 Å². The average Bonchev–Trinajstić information content (AvgIpc) is 3.18. The van der Waals surface area contributed by atoms with Crippen molar-refractivity contribution in [1.29, 1.82) is 0 Å². The second-order valence-electron chi connectivity index (χ2n) is 8.81. The maximum Gasteiger partial charge on any atom is 0.258 e. The lowest BCUT2D eigenvalue weighted by molar-refractivity contribution is 0.289. The molecule has 176 valence electrons. The number of aromatic nitrogens is 5. The maximum absolute atomic E-state index is 12.5. The Bertz CT molecular complexity index is 1370. The van der Waals surface area contributed by atoms with E-state index in [9.17, 15) is 4.79 Å². The number of ether oxygens (including phenoxy) is 1. The number of nitrogens with zero attached hydrogens (tertiary/aromatic N) is 5. The lowest BCUT2D eigenvalue weighted by Crippen LogP contribution is -2.15. The number of fused-ring (bicyclic) bond motifs is 1. The molecule has 0 amide bonds. The van der Waals surface area contributed by atoms with E-state index in [4.69, 9.17) is 4.74 Å². The predicted molar refractivity (Wildman–Crippen MR) is 138 cm³/mol. The van der Waals surface area contributed by atoms with Gasteiger partial charge >= 0.3 is 0 Å².